The van der Waals surface area contributed by atoms with Crippen LogP contribution in [0.25, 0.3) is 5.65 Å². The zero-order valence-corrected chi connectivity index (χ0v) is 20.4. The van der Waals surface area contributed by atoms with Gasteiger partial charge in [0, 0.05) is 31.0 Å². The number of rotatable bonds is 7. The number of pyridine rings is 1. The van der Waals surface area contributed by atoms with Crippen molar-refractivity contribution in [2.24, 2.45) is 0 Å². The van der Waals surface area contributed by atoms with Gasteiger partial charge in [0.1, 0.15) is 23.8 Å². The van der Waals surface area contributed by atoms with Crippen LogP contribution in [0.1, 0.15) is 40.9 Å². The molecule has 1 aliphatic heterocycles. The Morgan fingerprint density at radius 3 is 2.75 bits per heavy atom. The van der Waals surface area contributed by atoms with E-state index in [1.165, 1.54) is 0 Å². The second kappa shape index (κ2) is 10.1. The third-order valence-corrected chi connectivity index (χ3v) is 6.29. The van der Waals surface area contributed by atoms with E-state index in [4.69, 9.17) is 9.47 Å². The standard InChI is InChI=1S/C28H28N4O4/c1-19-8-7-14-31-17-21(29-27(19)31)18-36-24-10-4-3-9-22(24)28(34)30-20-12-13-25(35-2)23(16-20)32-15-6-5-11-26(32)33/h3-4,7-10,12-14,16-17H,5-6,11,15,18H2,1-2H3,(H,30,34). The average Bonchev–Trinajstić information content (AvgIpc) is 3.32. The van der Waals surface area contributed by atoms with Gasteiger partial charge in [-0.3, -0.25) is 9.59 Å². The van der Waals surface area contributed by atoms with Crippen molar-refractivity contribution >= 4 is 28.8 Å². The lowest BCUT2D eigenvalue weighted by Crippen LogP contribution is -2.35. The van der Waals surface area contributed by atoms with Crippen molar-refractivity contribution in [1.29, 1.82) is 0 Å². The number of benzene rings is 2. The summed E-state index contributed by atoms with van der Waals surface area (Å²) in [5.41, 5.74) is 4.36. The third-order valence-electron chi connectivity index (χ3n) is 6.29. The maximum absolute atomic E-state index is 13.2. The van der Waals surface area contributed by atoms with E-state index in [1.54, 1.807) is 48.4 Å². The number of fused-ring (bicyclic) bond motifs is 1. The van der Waals surface area contributed by atoms with Crippen LogP contribution >= 0.6 is 0 Å². The third kappa shape index (κ3) is 4.75. The second-order valence-corrected chi connectivity index (χ2v) is 8.78. The van der Waals surface area contributed by atoms with Crippen LogP contribution in [-0.2, 0) is 11.4 Å². The molecule has 184 valence electrons. The van der Waals surface area contributed by atoms with Gasteiger partial charge in [0.05, 0.1) is 24.1 Å². The quantitative estimate of drug-likeness (QED) is 0.399. The predicted molar refractivity (Wildman–Crippen MR) is 138 cm³/mol. The Labute approximate surface area is 209 Å². The molecule has 0 radical (unpaired) electrons. The number of para-hydroxylation sites is 1. The molecule has 8 heteroatoms. The van der Waals surface area contributed by atoms with E-state index >= 15 is 0 Å². The topological polar surface area (TPSA) is 85.2 Å². The van der Waals surface area contributed by atoms with Crippen molar-refractivity contribution in [2.45, 2.75) is 32.8 Å². The highest BCUT2D eigenvalue weighted by Gasteiger charge is 2.23. The van der Waals surface area contributed by atoms with Crippen molar-refractivity contribution in [1.82, 2.24) is 9.38 Å². The summed E-state index contributed by atoms with van der Waals surface area (Å²) in [5.74, 6) is 0.805. The van der Waals surface area contributed by atoms with Gasteiger partial charge in [0.15, 0.2) is 0 Å². The summed E-state index contributed by atoms with van der Waals surface area (Å²) in [4.78, 5) is 32.1. The van der Waals surface area contributed by atoms with Gasteiger partial charge < -0.3 is 24.1 Å². The highest BCUT2D eigenvalue weighted by atomic mass is 16.5. The molecular weight excluding hydrogens is 456 g/mol. The molecule has 0 atom stereocenters. The molecule has 2 aromatic carbocycles. The van der Waals surface area contributed by atoms with E-state index in [1.807, 2.05) is 41.9 Å². The molecule has 1 N–H and O–H groups in total. The van der Waals surface area contributed by atoms with E-state index in [0.717, 1.165) is 29.7 Å². The Morgan fingerprint density at radius 2 is 1.94 bits per heavy atom. The van der Waals surface area contributed by atoms with Crippen molar-refractivity contribution in [2.75, 3.05) is 23.9 Å². The molecule has 0 saturated carbocycles. The minimum atomic E-state index is -0.308. The van der Waals surface area contributed by atoms with E-state index < -0.39 is 0 Å². The fourth-order valence-corrected chi connectivity index (χ4v) is 4.44. The molecule has 8 nitrogen and oxygen atoms in total. The summed E-state index contributed by atoms with van der Waals surface area (Å²) in [6.45, 7) is 2.87. The predicted octanol–water partition coefficient (Wildman–Crippen LogP) is 5.00. The molecule has 0 spiro atoms. The maximum Gasteiger partial charge on any atom is 0.259 e. The number of hydrogen-bond donors (Lipinski definition) is 1. The van der Waals surface area contributed by atoms with E-state index in [9.17, 15) is 9.59 Å². The SMILES string of the molecule is COc1ccc(NC(=O)c2ccccc2OCc2cn3cccc(C)c3n2)cc1N1CCCCC1=O. The van der Waals surface area contributed by atoms with Gasteiger partial charge in [0.25, 0.3) is 5.91 Å². The zero-order valence-electron chi connectivity index (χ0n) is 20.4. The number of ether oxygens (including phenoxy) is 2. The van der Waals surface area contributed by atoms with Crippen LogP contribution in [0.4, 0.5) is 11.4 Å². The number of anilines is 2. The number of amides is 2. The first-order valence-electron chi connectivity index (χ1n) is 12.0. The van der Waals surface area contributed by atoms with Gasteiger partial charge in [-0.25, -0.2) is 4.98 Å². The van der Waals surface area contributed by atoms with Gasteiger partial charge in [-0.2, -0.15) is 0 Å². The fraction of sp³-hybridized carbons (Fsp3) is 0.250. The van der Waals surface area contributed by atoms with Crippen molar-refractivity contribution < 1.29 is 19.1 Å². The monoisotopic (exact) mass is 484 g/mol. The number of methoxy groups -OCH3 is 1. The molecule has 0 unspecified atom stereocenters. The largest absolute Gasteiger partial charge is 0.495 e. The molecule has 0 bridgehead atoms. The second-order valence-electron chi connectivity index (χ2n) is 8.78. The molecule has 2 aromatic heterocycles. The summed E-state index contributed by atoms with van der Waals surface area (Å²) < 4.78 is 13.5. The Balaban J connectivity index is 1.34. The number of hydrogen-bond acceptors (Lipinski definition) is 5. The van der Waals surface area contributed by atoms with Gasteiger partial charge in [-0.1, -0.05) is 18.2 Å². The number of aryl methyl sites for hydroxylation is 1. The van der Waals surface area contributed by atoms with Crippen molar-refractivity contribution in [3.8, 4) is 11.5 Å². The van der Waals surface area contributed by atoms with E-state index in [0.29, 0.717) is 41.4 Å². The normalized spacial score (nSPS) is 13.6. The summed E-state index contributed by atoms with van der Waals surface area (Å²) in [5, 5.41) is 2.94. The highest BCUT2D eigenvalue weighted by molar-refractivity contribution is 6.07. The average molecular weight is 485 g/mol. The smallest absolute Gasteiger partial charge is 0.259 e. The van der Waals surface area contributed by atoms with Crippen LogP contribution < -0.4 is 19.7 Å². The highest BCUT2D eigenvalue weighted by Crippen LogP contribution is 2.34. The lowest BCUT2D eigenvalue weighted by Gasteiger charge is -2.28. The number of aromatic nitrogens is 2. The molecular formula is C28H28N4O4. The molecule has 1 aliphatic rings. The van der Waals surface area contributed by atoms with E-state index in [-0.39, 0.29) is 18.4 Å². The molecule has 36 heavy (non-hydrogen) atoms. The fourth-order valence-electron chi connectivity index (χ4n) is 4.44. The lowest BCUT2D eigenvalue weighted by atomic mass is 10.1. The van der Waals surface area contributed by atoms with Gasteiger partial charge >= 0.3 is 0 Å². The molecule has 0 aliphatic carbocycles. The number of carbonyl (C=O) groups excluding carboxylic acids is 2. The minimum absolute atomic E-state index is 0.0592. The van der Waals surface area contributed by atoms with Gasteiger partial charge in [-0.15, -0.1) is 0 Å². The number of imidazole rings is 1. The Morgan fingerprint density at radius 1 is 1.08 bits per heavy atom. The van der Waals surface area contributed by atoms with Crippen LogP contribution in [-0.4, -0.2) is 34.9 Å². The first kappa shape index (κ1) is 23.4. The number of carbonyl (C=O) groups is 2. The maximum atomic E-state index is 13.2. The minimum Gasteiger partial charge on any atom is -0.495 e. The van der Waals surface area contributed by atoms with E-state index in [2.05, 4.69) is 10.3 Å². The van der Waals surface area contributed by atoms with Crippen LogP contribution in [0, 0.1) is 6.92 Å². The summed E-state index contributed by atoms with van der Waals surface area (Å²) >= 11 is 0. The van der Waals surface area contributed by atoms with Crippen LogP contribution in [0.5, 0.6) is 11.5 Å². The van der Waals surface area contributed by atoms with Crippen LogP contribution in [0.3, 0.4) is 0 Å². The zero-order chi connectivity index (χ0) is 25.1. The lowest BCUT2D eigenvalue weighted by molar-refractivity contribution is -0.119. The Kier molecular flexibility index (Phi) is 6.58. The Hall–Kier alpha value is -4.33. The molecule has 3 heterocycles. The molecule has 2 amide bonds. The number of nitrogens with zero attached hydrogens (tertiary/aromatic N) is 3. The molecule has 1 fully saturated rings. The first-order chi connectivity index (χ1) is 17.5. The molecule has 5 rings (SSSR count). The molecule has 4 aromatic rings. The first-order valence-corrected chi connectivity index (χ1v) is 12.0. The number of nitrogens with one attached hydrogen (secondary N) is 1. The van der Waals surface area contributed by atoms with Crippen LogP contribution in [0.15, 0.2) is 67.0 Å². The van der Waals surface area contributed by atoms with Gasteiger partial charge in [0.2, 0.25) is 5.91 Å². The Bertz CT molecular complexity index is 1430. The van der Waals surface area contributed by atoms with Crippen molar-refractivity contribution in [3.05, 3.63) is 83.8 Å². The van der Waals surface area contributed by atoms with Crippen LogP contribution in [0.2, 0.25) is 0 Å². The molecule has 1 saturated heterocycles. The summed E-state index contributed by atoms with van der Waals surface area (Å²) in [6, 6.07) is 16.4. The summed E-state index contributed by atoms with van der Waals surface area (Å²) in [7, 11) is 1.57. The summed E-state index contributed by atoms with van der Waals surface area (Å²) in [6.07, 6.45) is 6.20. The van der Waals surface area contributed by atoms with Gasteiger partial charge in [-0.05, 0) is 61.7 Å². The van der Waals surface area contributed by atoms with Crippen molar-refractivity contribution in [3.63, 3.8) is 0 Å². The number of piperidine rings is 1.